The first-order valence-electron chi connectivity index (χ1n) is 7.34. The Bertz CT molecular complexity index is 806. The quantitative estimate of drug-likeness (QED) is 0.674. The van der Waals surface area contributed by atoms with E-state index in [1.807, 2.05) is 12.1 Å². The van der Waals surface area contributed by atoms with Crippen molar-refractivity contribution < 1.29 is 0 Å². The summed E-state index contributed by atoms with van der Waals surface area (Å²) in [6, 6.07) is 17.0. The Morgan fingerprint density at radius 2 is 1.81 bits per heavy atom. The van der Waals surface area contributed by atoms with Crippen molar-refractivity contribution >= 4 is 22.5 Å². The Hall–Kier alpha value is -1.77. The maximum atomic E-state index is 6.44. The molecule has 3 aromatic rings. The molecule has 0 saturated carbocycles. The minimum Gasteiger partial charge on any atom is -0.357 e. The SMILES string of the molecule is C[C@@H]1NC[C@H](c2ccccc2Cl)c2c1[nH]c1ccccc21. The molecule has 1 aromatic heterocycles. The van der Waals surface area contributed by atoms with Gasteiger partial charge in [0.1, 0.15) is 0 Å². The Morgan fingerprint density at radius 3 is 2.67 bits per heavy atom. The third kappa shape index (κ3) is 1.98. The summed E-state index contributed by atoms with van der Waals surface area (Å²) in [5.74, 6) is 0.293. The van der Waals surface area contributed by atoms with Gasteiger partial charge in [0.2, 0.25) is 0 Å². The molecule has 1 aliphatic rings. The van der Waals surface area contributed by atoms with E-state index in [0.29, 0.717) is 12.0 Å². The zero-order chi connectivity index (χ0) is 14.4. The molecule has 21 heavy (non-hydrogen) atoms. The topological polar surface area (TPSA) is 27.8 Å². The molecule has 0 saturated heterocycles. The van der Waals surface area contributed by atoms with Gasteiger partial charge in [0.15, 0.2) is 0 Å². The van der Waals surface area contributed by atoms with Crippen molar-refractivity contribution in [2.45, 2.75) is 18.9 Å². The highest BCUT2D eigenvalue weighted by Gasteiger charge is 2.30. The molecule has 0 unspecified atom stereocenters. The second-order valence-corrected chi connectivity index (χ2v) is 6.11. The molecule has 4 rings (SSSR count). The fraction of sp³-hybridized carbons (Fsp3) is 0.222. The lowest BCUT2D eigenvalue weighted by atomic mass is 9.85. The molecule has 2 nitrogen and oxygen atoms in total. The molecule has 0 radical (unpaired) electrons. The molecule has 0 spiro atoms. The zero-order valence-corrected chi connectivity index (χ0v) is 12.6. The van der Waals surface area contributed by atoms with Crippen molar-refractivity contribution in [3.8, 4) is 0 Å². The van der Waals surface area contributed by atoms with Gasteiger partial charge in [-0.15, -0.1) is 0 Å². The van der Waals surface area contributed by atoms with E-state index in [-0.39, 0.29) is 0 Å². The minimum absolute atomic E-state index is 0.293. The zero-order valence-electron chi connectivity index (χ0n) is 11.9. The van der Waals surface area contributed by atoms with E-state index in [1.165, 1.54) is 27.7 Å². The first-order valence-corrected chi connectivity index (χ1v) is 7.72. The summed E-state index contributed by atoms with van der Waals surface area (Å²) in [5.41, 5.74) is 5.08. The fourth-order valence-corrected chi connectivity index (χ4v) is 3.69. The number of para-hydroxylation sites is 1. The van der Waals surface area contributed by atoms with Crippen LogP contribution in [0.1, 0.15) is 35.7 Å². The number of hydrogen-bond donors (Lipinski definition) is 2. The standard InChI is InChI=1S/C18H17ClN2/c1-11-18-17(13-7-3-5-9-16(13)21-18)14(10-20-11)12-6-2-4-8-15(12)19/h2-9,11,14,20-21H,10H2,1H3/t11-,14+/m0/s1. The predicted octanol–water partition coefficient (Wildman–Crippen LogP) is 4.62. The van der Waals surface area contributed by atoms with Gasteiger partial charge in [-0.3, -0.25) is 0 Å². The van der Waals surface area contributed by atoms with Crippen molar-refractivity contribution in [3.05, 3.63) is 70.4 Å². The van der Waals surface area contributed by atoms with Crippen LogP contribution in [0.3, 0.4) is 0 Å². The van der Waals surface area contributed by atoms with Gasteiger partial charge in [0.25, 0.3) is 0 Å². The van der Waals surface area contributed by atoms with E-state index < -0.39 is 0 Å². The number of nitrogens with one attached hydrogen (secondary N) is 2. The van der Waals surface area contributed by atoms with Gasteiger partial charge in [0, 0.05) is 40.1 Å². The van der Waals surface area contributed by atoms with Crippen LogP contribution in [0.15, 0.2) is 48.5 Å². The number of H-pyrrole nitrogens is 1. The van der Waals surface area contributed by atoms with E-state index in [0.717, 1.165) is 11.6 Å². The highest BCUT2D eigenvalue weighted by Crippen LogP contribution is 2.40. The summed E-state index contributed by atoms with van der Waals surface area (Å²) in [6.45, 7) is 3.12. The fourth-order valence-electron chi connectivity index (χ4n) is 3.42. The number of hydrogen-bond acceptors (Lipinski definition) is 1. The van der Waals surface area contributed by atoms with Crippen molar-refractivity contribution in [2.24, 2.45) is 0 Å². The first kappa shape index (κ1) is 12.9. The number of aromatic amines is 1. The Kier molecular flexibility index (Phi) is 3.02. The van der Waals surface area contributed by atoms with E-state index in [9.17, 15) is 0 Å². The normalized spacial score (nSPS) is 21.4. The minimum atomic E-state index is 0.293. The van der Waals surface area contributed by atoms with Gasteiger partial charge in [0.05, 0.1) is 0 Å². The Morgan fingerprint density at radius 1 is 1.05 bits per heavy atom. The highest BCUT2D eigenvalue weighted by atomic mass is 35.5. The number of rotatable bonds is 1. The van der Waals surface area contributed by atoms with E-state index in [4.69, 9.17) is 11.6 Å². The summed E-state index contributed by atoms with van der Waals surface area (Å²) >= 11 is 6.44. The average Bonchev–Trinajstić information content (AvgIpc) is 2.89. The van der Waals surface area contributed by atoms with Crippen LogP contribution in [-0.4, -0.2) is 11.5 Å². The lowest BCUT2D eigenvalue weighted by molar-refractivity contribution is 0.502. The molecule has 0 fully saturated rings. The molecule has 3 heteroatoms. The van der Waals surface area contributed by atoms with Crippen molar-refractivity contribution in [3.63, 3.8) is 0 Å². The first-order chi connectivity index (χ1) is 10.3. The molecular weight excluding hydrogens is 280 g/mol. The molecule has 0 amide bonds. The van der Waals surface area contributed by atoms with Crippen LogP contribution >= 0.6 is 11.6 Å². The molecule has 1 aliphatic heterocycles. The molecule has 2 heterocycles. The van der Waals surface area contributed by atoms with Crippen LogP contribution in [0.4, 0.5) is 0 Å². The maximum Gasteiger partial charge on any atom is 0.0459 e. The second kappa shape index (κ2) is 4.90. The highest BCUT2D eigenvalue weighted by molar-refractivity contribution is 6.31. The van der Waals surface area contributed by atoms with Gasteiger partial charge in [-0.25, -0.2) is 0 Å². The smallest absolute Gasteiger partial charge is 0.0459 e. The maximum absolute atomic E-state index is 6.44. The van der Waals surface area contributed by atoms with Gasteiger partial charge < -0.3 is 10.3 Å². The summed E-state index contributed by atoms with van der Waals surface area (Å²) < 4.78 is 0. The van der Waals surface area contributed by atoms with Crippen LogP contribution in [0, 0.1) is 0 Å². The lowest BCUT2D eigenvalue weighted by Crippen LogP contribution is -2.31. The van der Waals surface area contributed by atoms with Gasteiger partial charge in [-0.05, 0) is 30.2 Å². The molecule has 2 aromatic carbocycles. The summed E-state index contributed by atoms with van der Waals surface area (Å²) in [5, 5.41) is 5.74. The average molecular weight is 297 g/mol. The molecule has 2 N–H and O–H groups in total. The lowest BCUT2D eigenvalue weighted by Gasteiger charge is -2.29. The monoisotopic (exact) mass is 296 g/mol. The van der Waals surface area contributed by atoms with Gasteiger partial charge >= 0.3 is 0 Å². The van der Waals surface area contributed by atoms with Crippen molar-refractivity contribution in [1.82, 2.24) is 10.3 Å². The number of halogens is 1. The van der Waals surface area contributed by atoms with Crippen LogP contribution in [0.25, 0.3) is 10.9 Å². The molecular formula is C18H17ClN2. The Labute approximate surface area is 129 Å². The second-order valence-electron chi connectivity index (χ2n) is 5.70. The third-order valence-electron chi connectivity index (χ3n) is 4.47. The number of benzene rings is 2. The summed E-state index contributed by atoms with van der Waals surface area (Å²) in [6.07, 6.45) is 0. The van der Waals surface area contributed by atoms with Gasteiger partial charge in [-0.1, -0.05) is 48.0 Å². The third-order valence-corrected chi connectivity index (χ3v) is 4.81. The molecule has 0 bridgehead atoms. The largest absolute Gasteiger partial charge is 0.357 e. The van der Waals surface area contributed by atoms with Crippen molar-refractivity contribution in [2.75, 3.05) is 6.54 Å². The molecule has 106 valence electrons. The van der Waals surface area contributed by atoms with Crippen LogP contribution < -0.4 is 5.32 Å². The predicted molar refractivity (Wildman–Crippen MR) is 88.0 cm³/mol. The van der Waals surface area contributed by atoms with Gasteiger partial charge in [-0.2, -0.15) is 0 Å². The summed E-state index contributed by atoms with van der Waals surface area (Å²) in [4.78, 5) is 3.58. The molecule has 0 aliphatic carbocycles. The molecule has 2 atom stereocenters. The Balaban J connectivity index is 1.98. The van der Waals surface area contributed by atoms with E-state index in [1.54, 1.807) is 0 Å². The van der Waals surface area contributed by atoms with Crippen LogP contribution in [-0.2, 0) is 0 Å². The number of aromatic nitrogens is 1. The summed E-state index contributed by atoms with van der Waals surface area (Å²) in [7, 11) is 0. The van der Waals surface area contributed by atoms with E-state index in [2.05, 4.69) is 53.6 Å². The van der Waals surface area contributed by atoms with Crippen LogP contribution in [0.5, 0.6) is 0 Å². The van der Waals surface area contributed by atoms with Crippen molar-refractivity contribution in [1.29, 1.82) is 0 Å². The van der Waals surface area contributed by atoms with Crippen LogP contribution in [0.2, 0.25) is 5.02 Å². The van der Waals surface area contributed by atoms with E-state index >= 15 is 0 Å². The number of fused-ring (bicyclic) bond motifs is 3.